The first kappa shape index (κ1) is 26.8. The number of esters is 1. The van der Waals surface area contributed by atoms with Crippen molar-refractivity contribution in [3.63, 3.8) is 0 Å². The van der Waals surface area contributed by atoms with E-state index >= 15 is 0 Å². The van der Waals surface area contributed by atoms with Gasteiger partial charge in [-0.05, 0) is 69.4 Å². The summed E-state index contributed by atoms with van der Waals surface area (Å²) < 4.78 is 24.8. The number of benzene rings is 2. The van der Waals surface area contributed by atoms with Crippen LogP contribution in [0.4, 0.5) is 27.5 Å². The van der Waals surface area contributed by atoms with Crippen LogP contribution in [-0.4, -0.2) is 77.6 Å². The molecule has 0 aliphatic carbocycles. The van der Waals surface area contributed by atoms with E-state index in [1.54, 1.807) is 62.4 Å². The van der Waals surface area contributed by atoms with Gasteiger partial charge in [-0.2, -0.15) is 4.98 Å². The Hall–Kier alpha value is -4.25. The molecule has 200 valence electrons. The maximum Gasteiger partial charge on any atom is 0.344 e. The van der Waals surface area contributed by atoms with Gasteiger partial charge in [0.15, 0.2) is 18.2 Å². The van der Waals surface area contributed by atoms with E-state index in [0.717, 1.165) is 19.3 Å². The lowest BCUT2D eigenvalue weighted by Crippen LogP contribution is -2.47. The van der Waals surface area contributed by atoms with Gasteiger partial charge < -0.3 is 29.9 Å². The molecular formula is C27H31FN6O4. The van der Waals surface area contributed by atoms with Crippen LogP contribution in [0.2, 0.25) is 0 Å². The van der Waals surface area contributed by atoms with Crippen molar-refractivity contribution in [2.75, 3.05) is 50.5 Å². The number of nitrogens with one attached hydrogen (secondary N) is 2. The third-order valence-electron chi connectivity index (χ3n) is 5.76. The van der Waals surface area contributed by atoms with Crippen LogP contribution < -0.4 is 15.4 Å². The smallest absolute Gasteiger partial charge is 0.344 e. The lowest BCUT2D eigenvalue weighted by molar-refractivity contribution is -0.149. The van der Waals surface area contributed by atoms with E-state index in [1.165, 1.54) is 0 Å². The molecule has 3 aromatic rings. The number of piperazine rings is 1. The van der Waals surface area contributed by atoms with Crippen molar-refractivity contribution in [1.29, 1.82) is 0 Å². The fourth-order valence-electron chi connectivity index (χ4n) is 3.74. The highest BCUT2D eigenvalue weighted by Crippen LogP contribution is 2.23. The summed E-state index contributed by atoms with van der Waals surface area (Å²) >= 11 is 0. The van der Waals surface area contributed by atoms with E-state index in [0.29, 0.717) is 35.8 Å². The molecule has 0 spiro atoms. The molecule has 38 heavy (non-hydrogen) atoms. The molecule has 0 radical (unpaired) electrons. The minimum Gasteiger partial charge on any atom is -0.482 e. The van der Waals surface area contributed by atoms with Crippen LogP contribution in [0.15, 0.2) is 54.7 Å². The normalized spacial score (nSPS) is 13.8. The number of ether oxygens (including phenoxy) is 2. The molecular weight excluding hydrogens is 491 g/mol. The summed E-state index contributed by atoms with van der Waals surface area (Å²) in [7, 11) is 2.04. The van der Waals surface area contributed by atoms with Crippen molar-refractivity contribution in [3.8, 4) is 5.75 Å². The number of amides is 1. The van der Waals surface area contributed by atoms with Gasteiger partial charge in [-0.3, -0.25) is 4.79 Å². The Labute approximate surface area is 220 Å². The van der Waals surface area contributed by atoms with Gasteiger partial charge in [0.1, 0.15) is 5.75 Å². The summed E-state index contributed by atoms with van der Waals surface area (Å²) in [6.07, 6.45) is 0.858. The quantitative estimate of drug-likeness (QED) is 0.406. The van der Waals surface area contributed by atoms with E-state index in [9.17, 15) is 14.0 Å². The molecule has 0 saturated carbocycles. The van der Waals surface area contributed by atoms with Crippen LogP contribution in [-0.2, 0) is 9.53 Å². The fraction of sp³-hybridized carbons (Fsp3) is 0.333. The van der Waals surface area contributed by atoms with Crippen LogP contribution in [0.25, 0.3) is 0 Å². The van der Waals surface area contributed by atoms with Gasteiger partial charge in [0.2, 0.25) is 5.95 Å². The van der Waals surface area contributed by atoms with Gasteiger partial charge in [0, 0.05) is 43.1 Å². The second kappa shape index (κ2) is 12.3. The van der Waals surface area contributed by atoms with E-state index in [4.69, 9.17) is 9.47 Å². The maximum atomic E-state index is 14.4. The molecule has 2 heterocycles. The summed E-state index contributed by atoms with van der Waals surface area (Å²) in [6.45, 7) is 6.45. The highest BCUT2D eigenvalue weighted by atomic mass is 19.1. The molecule has 0 unspecified atom stereocenters. The molecule has 10 nitrogen and oxygen atoms in total. The number of anilines is 4. The van der Waals surface area contributed by atoms with Crippen LogP contribution >= 0.6 is 0 Å². The van der Waals surface area contributed by atoms with Crippen molar-refractivity contribution in [2.45, 2.75) is 20.0 Å². The number of aromatic nitrogens is 2. The van der Waals surface area contributed by atoms with Gasteiger partial charge in [-0.25, -0.2) is 14.2 Å². The maximum absolute atomic E-state index is 14.4. The Morgan fingerprint density at radius 3 is 2.26 bits per heavy atom. The summed E-state index contributed by atoms with van der Waals surface area (Å²) in [5, 5.41) is 5.95. The highest BCUT2D eigenvalue weighted by molar-refractivity contribution is 5.94. The summed E-state index contributed by atoms with van der Waals surface area (Å²) in [5.74, 6) is -0.436. The molecule has 1 aromatic heterocycles. The molecule has 1 aliphatic rings. The average molecular weight is 523 g/mol. The lowest BCUT2D eigenvalue weighted by atomic mass is 10.1. The summed E-state index contributed by atoms with van der Waals surface area (Å²) in [5.41, 5.74) is 1.83. The zero-order chi connectivity index (χ0) is 27.1. The predicted molar refractivity (Wildman–Crippen MR) is 142 cm³/mol. The molecule has 0 atom stereocenters. The first-order chi connectivity index (χ1) is 18.3. The summed E-state index contributed by atoms with van der Waals surface area (Å²) in [6, 6.07) is 13.7. The van der Waals surface area contributed by atoms with Crippen molar-refractivity contribution >= 4 is 35.0 Å². The minimum absolute atomic E-state index is 0.000998. The average Bonchev–Trinajstić information content (AvgIpc) is 2.90. The number of halogens is 1. The van der Waals surface area contributed by atoms with Crippen LogP contribution in [0, 0.1) is 5.82 Å². The highest BCUT2D eigenvalue weighted by Gasteiger charge is 2.20. The van der Waals surface area contributed by atoms with Gasteiger partial charge in [0.25, 0.3) is 5.91 Å². The van der Waals surface area contributed by atoms with Gasteiger partial charge >= 0.3 is 5.97 Å². The zero-order valence-corrected chi connectivity index (χ0v) is 21.6. The third-order valence-corrected chi connectivity index (χ3v) is 5.76. The Bertz CT molecular complexity index is 1250. The molecule has 1 fully saturated rings. The van der Waals surface area contributed by atoms with E-state index in [2.05, 4.69) is 25.5 Å². The first-order valence-electron chi connectivity index (χ1n) is 12.3. The number of hydrogen-bond acceptors (Lipinski definition) is 9. The SMILES string of the molecule is CC(C)OC(=O)COc1ccc(Nc2nc(Nc3ccc(C(=O)N4CCN(C)CC4)cc3)ncc2F)cc1. The van der Waals surface area contributed by atoms with E-state index in [1.807, 2.05) is 11.9 Å². The molecule has 1 aliphatic heterocycles. The van der Waals surface area contributed by atoms with E-state index in [-0.39, 0.29) is 30.4 Å². The number of carbonyl (C=O) groups excluding carboxylic acids is 2. The molecule has 2 N–H and O–H groups in total. The molecule has 0 bridgehead atoms. The van der Waals surface area contributed by atoms with Crippen LogP contribution in [0.5, 0.6) is 5.75 Å². The van der Waals surface area contributed by atoms with Gasteiger partial charge in [-0.1, -0.05) is 0 Å². The predicted octanol–water partition coefficient (Wildman–Crippen LogP) is 3.82. The standard InChI is InChI=1S/C27H31FN6O4/c1-18(2)38-24(35)17-37-22-10-8-20(9-11-22)30-25-23(28)16-29-27(32-25)31-21-6-4-19(5-7-21)26(36)34-14-12-33(3)13-15-34/h4-11,16,18H,12-15,17H2,1-3H3,(H2,29,30,31,32). The summed E-state index contributed by atoms with van der Waals surface area (Å²) in [4.78, 5) is 36.6. The molecule has 11 heteroatoms. The van der Waals surface area contributed by atoms with Crippen molar-refractivity contribution in [3.05, 3.63) is 66.1 Å². The second-order valence-corrected chi connectivity index (χ2v) is 9.16. The Morgan fingerprint density at radius 1 is 0.974 bits per heavy atom. The lowest BCUT2D eigenvalue weighted by Gasteiger charge is -2.32. The van der Waals surface area contributed by atoms with Crippen LogP contribution in [0.3, 0.4) is 0 Å². The van der Waals surface area contributed by atoms with Gasteiger partial charge in [-0.15, -0.1) is 0 Å². The largest absolute Gasteiger partial charge is 0.482 e. The molecule has 1 saturated heterocycles. The third kappa shape index (κ3) is 7.39. The van der Waals surface area contributed by atoms with Gasteiger partial charge in [0.05, 0.1) is 12.3 Å². The van der Waals surface area contributed by atoms with Crippen LogP contribution in [0.1, 0.15) is 24.2 Å². The molecule has 4 rings (SSSR count). The topological polar surface area (TPSA) is 109 Å². The number of rotatable bonds is 9. The Kier molecular flexibility index (Phi) is 8.70. The molecule has 2 aromatic carbocycles. The number of nitrogens with zero attached hydrogens (tertiary/aromatic N) is 4. The number of carbonyl (C=O) groups is 2. The Balaban J connectivity index is 1.34. The monoisotopic (exact) mass is 522 g/mol. The first-order valence-corrected chi connectivity index (χ1v) is 12.3. The second-order valence-electron chi connectivity index (χ2n) is 9.16. The number of likely N-dealkylation sites (N-methyl/N-ethyl adjacent to an activating group) is 1. The van der Waals surface area contributed by atoms with Crippen molar-refractivity contribution < 1.29 is 23.5 Å². The van der Waals surface area contributed by atoms with E-state index < -0.39 is 11.8 Å². The molecule has 1 amide bonds. The fourth-order valence-corrected chi connectivity index (χ4v) is 3.74. The van der Waals surface area contributed by atoms with Crippen molar-refractivity contribution in [1.82, 2.24) is 19.8 Å². The number of hydrogen-bond donors (Lipinski definition) is 2. The Morgan fingerprint density at radius 2 is 1.61 bits per heavy atom. The zero-order valence-electron chi connectivity index (χ0n) is 21.6. The minimum atomic E-state index is -0.625. The van der Waals surface area contributed by atoms with Crippen molar-refractivity contribution in [2.24, 2.45) is 0 Å².